The van der Waals surface area contributed by atoms with Gasteiger partial charge in [-0.15, -0.1) is 0 Å². The first-order valence-electron chi connectivity index (χ1n) is 10.5. The van der Waals surface area contributed by atoms with Crippen molar-refractivity contribution in [1.82, 2.24) is 0 Å². The van der Waals surface area contributed by atoms with E-state index in [0.717, 1.165) is 16.3 Å². The number of anilines is 1. The molecule has 7 heteroatoms. The van der Waals surface area contributed by atoms with Crippen molar-refractivity contribution in [1.29, 1.82) is 0 Å². The van der Waals surface area contributed by atoms with Crippen LogP contribution in [-0.4, -0.2) is 16.6 Å². The maximum Gasteiger partial charge on any atom is 0.271 e. The summed E-state index contributed by atoms with van der Waals surface area (Å²) in [6, 6.07) is 18.0. The summed E-state index contributed by atoms with van der Waals surface area (Å²) < 4.78 is 0. The van der Waals surface area contributed by atoms with Crippen molar-refractivity contribution in [2.75, 3.05) is 4.90 Å². The highest BCUT2D eigenvalue weighted by molar-refractivity contribution is 6.34. The molecule has 0 fully saturated rings. The number of carbonyl (C=O) groups is 2. The van der Waals surface area contributed by atoms with Gasteiger partial charge in [-0.25, -0.2) is 0 Å². The first-order valence-corrected chi connectivity index (χ1v) is 10.8. The van der Waals surface area contributed by atoms with E-state index in [1.165, 1.54) is 23.1 Å². The molecule has 1 atom stereocenters. The number of fused-ring (bicyclic) bond motifs is 1. The Bertz CT molecular complexity index is 1330. The van der Waals surface area contributed by atoms with E-state index in [9.17, 15) is 19.7 Å². The Morgan fingerprint density at radius 1 is 1.00 bits per heavy atom. The third-order valence-electron chi connectivity index (χ3n) is 6.26. The minimum atomic E-state index is -0.529. The van der Waals surface area contributed by atoms with Crippen molar-refractivity contribution in [3.05, 3.63) is 92.6 Å². The summed E-state index contributed by atoms with van der Waals surface area (Å²) in [6.07, 6.45) is 1.79. The summed E-state index contributed by atoms with van der Waals surface area (Å²) in [5, 5.41) is 13.3. The van der Waals surface area contributed by atoms with Crippen molar-refractivity contribution in [2.45, 2.75) is 31.6 Å². The second-order valence-electron chi connectivity index (χ2n) is 8.08. The van der Waals surface area contributed by atoms with Crippen molar-refractivity contribution in [3.63, 3.8) is 0 Å². The van der Waals surface area contributed by atoms with Crippen LogP contribution in [-0.2, 0) is 9.59 Å². The predicted molar refractivity (Wildman–Crippen MR) is 123 cm³/mol. The maximum absolute atomic E-state index is 13.4. The molecule has 0 bridgehead atoms. The fourth-order valence-electron chi connectivity index (χ4n) is 4.88. The Morgan fingerprint density at radius 2 is 1.78 bits per heavy atom. The molecule has 0 saturated carbocycles. The molecule has 6 nitrogen and oxygen atoms in total. The molecule has 2 aliphatic rings. The van der Waals surface area contributed by atoms with Gasteiger partial charge in [-0.1, -0.05) is 54.1 Å². The van der Waals surface area contributed by atoms with Crippen molar-refractivity contribution in [3.8, 4) is 0 Å². The molecule has 1 aliphatic carbocycles. The number of halogens is 1. The Hall–Kier alpha value is -3.51. The normalized spacial score (nSPS) is 18.8. The van der Waals surface area contributed by atoms with Gasteiger partial charge in [0.05, 0.1) is 15.6 Å². The van der Waals surface area contributed by atoms with Crippen LogP contribution in [0.3, 0.4) is 0 Å². The molecule has 5 rings (SSSR count). The number of rotatable bonds is 3. The molecular formula is C25H19ClN2O4. The highest BCUT2D eigenvalue weighted by Crippen LogP contribution is 2.46. The highest BCUT2D eigenvalue weighted by atomic mass is 35.5. The van der Waals surface area contributed by atoms with Crippen LogP contribution in [0.2, 0.25) is 5.02 Å². The van der Waals surface area contributed by atoms with Crippen LogP contribution in [0, 0.1) is 10.1 Å². The first kappa shape index (κ1) is 20.4. The lowest BCUT2D eigenvalue weighted by Crippen LogP contribution is -2.40. The first-order chi connectivity index (χ1) is 15.5. The molecule has 0 N–H and O–H groups in total. The lowest BCUT2D eigenvalue weighted by molar-refractivity contribution is -0.384. The summed E-state index contributed by atoms with van der Waals surface area (Å²) >= 11 is 6.37. The van der Waals surface area contributed by atoms with Crippen LogP contribution in [0.15, 0.2) is 71.9 Å². The molecule has 0 radical (unpaired) electrons. The van der Waals surface area contributed by atoms with E-state index < -0.39 is 4.92 Å². The zero-order valence-corrected chi connectivity index (χ0v) is 17.8. The van der Waals surface area contributed by atoms with Crippen molar-refractivity contribution in [2.24, 2.45) is 0 Å². The van der Waals surface area contributed by atoms with E-state index >= 15 is 0 Å². The standard InChI is InChI=1S/C25H19ClN2O4/c26-20-13-16(28(31)32)11-12-21(20)27-22-9-4-10-23(29)25(22)19(14-24(27)30)18-8-3-6-15-5-1-2-7-17(15)18/h1-3,5-8,11-13,19H,4,9-10,14H2. The van der Waals surface area contributed by atoms with Gasteiger partial charge < -0.3 is 0 Å². The number of carbonyl (C=O) groups excluding carboxylic acids is 2. The quantitative estimate of drug-likeness (QED) is 0.369. The molecule has 3 aromatic rings. The fourth-order valence-corrected chi connectivity index (χ4v) is 5.14. The van der Waals surface area contributed by atoms with E-state index in [1.54, 1.807) is 0 Å². The Kier molecular flexibility index (Phi) is 5.02. The average Bonchev–Trinajstić information content (AvgIpc) is 2.79. The number of hydrogen-bond acceptors (Lipinski definition) is 4. The minimum absolute atomic E-state index is 0.0414. The Balaban J connectivity index is 1.69. The lowest BCUT2D eigenvalue weighted by atomic mass is 9.76. The molecule has 160 valence electrons. The van der Waals surface area contributed by atoms with Gasteiger partial charge in [0.15, 0.2) is 5.78 Å². The molecular weight excluding hydrogens is 428 g/mol. The fraction of sp³-hybridized carbons (Fsp3) is 0.200. The van der Waals surface area contributed by atoms with E-state index in [4.69, 9.17) is 11.6 Å². The van der Waals surface area contributed by atoms with E-state index in [1.807, 2.05) is 42.5 Å². The molecule has 1 heterocycles. The molecule has 1 unspecified atom stereocenters. The number of nitro benzene ring substituents is 1. The molecule has 3 aromatic carbocycles. The Morgan fingerprint density at radius 3 is 2.56 bits per heavy atom. The number of amides is 1. The summed E-state index contributed by atoms with van der Waals surface area (Å²) in [6.45, 7) is 0. The number of hydrogen-bond donors (Lipinski definition) is 0. The largest absolute Gasteiger partial charge is 0.294 e. The number of non-ortho nitro benzene ring substituents is 1. The smallest absolute Gasteiger partial charge is 0.271 e. The van der Waals surface area contributed by atoms with Crippen LogP contribution in [0.4, 0.5) is 11.4 Å². The van der Waals surface area contributed by atoms with Gasteiger partial charge in [0.2, 0.25) is 5.91 Å². The van der Waals surface area contributed by atoms with E-state index in [0.29, 0.717) is 36.2 Å². The van der Waals surface area contributed by atoms with Crippen LogP contribution < -0.4 is 4.90 Å². The van der Waals surface area contributed by atoms with Crippen LogP contribution >= 0.6 is 11.6 Å². The van der Waals surface area contributed by atoms with Gasteiger partial charge in [-0.3, -0.25) is 24.6 Å². The number of benzene rings is 3. The third kappa shape index (κ3) is 3.28. The van der Waals surface area contributed by atoms with Gasteiger partial charge >= 0.3 is 0 Å². The van der Waals surface area contributed by atoms with Gasteiger partial charge in [-0.05, 0) is 35.2 Å². The Labute approximate surface area is 189 Å². The zero-order valence-electron chi connectivity index (χ0n) is 17.1. The average molecular weight is 447 g/mol. The number of nitrogens with zero attached hydrogens (tertiary/aromatic N) is 2. The monoisotopic (exact) mass is 446 g/mol. The number of allylic oxidation sites excluding steroid dienone is 2. The molecule has 0 aromatic heterocycles. The van der Waals surface area contributed by atoms with Gasteiger partial charge in [0, 0.05) is 42.2 Å². The molecule has 32 heavy (non-hydrogen) atoms. The third-order valence-corrected chi connectivity index (χ3v) is 6.56. The minimum Gasteiger partial charge on any atom is -0.294 e. The summed E-state index contributed by atoms with van der Waals surface area (Å²) in [5.41, 5.74) is 2.51. The van der Waals surface area contributed by atoms with E-state index in [2.05, 4.69) is 0 Å². The number of ketones is 1. The van der Waals surface area contributed by atoms with Crippen LogP contribution in [0.5, 0.6) is 0 Å². The van der Waals surface area contributed by atoms with Gasteiger partial charge in [-0.2, -0.15) is 0 Å². The lowest BCUT2D eigenvalue weighted by Gasteiger charge is -2.38. The number of nitro groups is 1. The van der Waals surface area contributed by atoms with Gasteiger partial charge in [0.1, 0.15) is 0 Å². The molecule has 1 amide bonds. The zero-order chi connectivity index (χ0) is 22.4. The maximum atomic E-state index is 13.4. The van der Waals surface area contributed by atoms with Gasteiger partial charge in [0.25, 0.3) is 5.69 Å². The second-order valence-corrected chi connectivity index (χ2v) is 8.49. The predicted octanol–water partition coefficient (Wildman–Crippen LogP) is 5.93. The summed E-state index contributed by atoms with van der Waals surface area (Å²) in [5.74, 6) is -0.462. The van der Waals surface area contributed by atoms with Crippen LogP contribution in [0.1, 0.15) is 37.2 Å². The SMILES string of the molecule is O=C1CCCC2=C1C(c1cccc3ccccc13)CC(=O)N2c1ccc([N+](=O)[O-])cc1Cl. The highest BCUT2D eigenvalue weighted by Gasteiger charge is 2.40. The topological polar surface area (TPSA) is 80.5 Å². The summed E-state index contributed by atoms with van der Waals surface area (Å²) in [4.78, 5) is 38.6. The second kappa shape index (κ2) is 7.88. The molecule has 0 spiro atoms. The van der Waals surface area contributed by atoms with Crippen molar-refractivity contribution < 1.29 is 14.5 Å². The molecule has 1 aliphatic heterocycles. The van der Waals surface area contributed by atoms with Crippen molar-refractivity contribution >= 4 is 45.4 Å². The molecule has 0 saturated heterocycles. The van der Waals surface area contributed by atoms with E-state index in [-0.39, 0.29) is 34.7 Å². The number of Topliss-reactive ketones (excluding diaryl/α,β-unsaturated/α-hetero) is 1. The van der Waals surface area contributed by atoms with Crippen LogP contribution in [0.25, 0.3) is 10.8 Å². The summed E-state index contributed by atoms with van der Waals surface area (Å²) in [7, 11) is 0.